The van der Waals surface area contributed by atoms with Crippen LogP contribution in [0.4, 0.5) is 0 Å². The van der Waals surface area contributed by atoms with Crippen LogP contribution in [0.25, 0.3) is 0 Å². The smallest absolute Gasteiger partial charge is 0.309 e. The molecule has 0 amide bonds. The Kier molecular flexibility index (Phi) is 4.75. The summed E-state index contributed by atoms with van der Waals surface area (Å²) in [5.41, 5.74) is -0.602. The highest BCUT2D eigenvalue weighted by molar-refractivity contribution is 5.74. The molecule has 0 radical (unpaired) electrons. The summed E-state index contributed by atoms with van der Waals surface area (Å²) in [6.07, 6.45) is 3.42. The molecule has 0 saturated carbocycles. The van der Waals surface area contributed by atoms with Gasteiger partial charge < -0.3 is 5.11 Å². The van der Waals surface area contributed by atoms with E-state index in [2.05, 4.69) is 23.6 Å². The maximum Gasteiger partial charge on any atom is 0.309 e. The number of likely N-dealkylation sites (tertiary alicyclic amines) is 2. The van der Waals surface area contributed by atoms with Gasteiger partial charge in [-0.15, -0.1) is 0 Å². The van der Waals surface area contributed by atoms with E-state index in [-0.39, 0.29) is 5.92 Å². The number of nitrogens with zero attached hydrogens (tertiary/aromatic N) is 2. The maximum absolute atomic E-state index is 11.5. The van der Waals surface area contributed by atoms with E-state index in [1.165, 1.54) is 13.0 Å². The van der Waals surface area contributed by atoms with E-state index >= 15 is 0 Å². The summed E-state index contributed by atoms with van der Waals surface area (Å²) in [5, 5.41) is 9.43. The highest BCUT2D eigenvalue weighted by Crippen LogP contribution is 2.35. The Morgan fingerprint density at radius 2 is 1.90 bits per heavy atom. The minimum atomic E-state index is -0.653. The summed E-state index contributed by atoms with van der Waals surface area (Å²) >= 11 is 0. The van der Waals surface area contributed by atoms with Crippen molar-refractivity contribution in [1.82, 2.24) is 9.80 Å². The molecule has 0 aromatic carbocycles. The lowest BCUT2D eigenvalue weighted by molar-refractivity contribution is -0.151. The van der Waals surface area contributed by atoms with Crippen molar-refractivity contribution in [1.29, 1.82) is 0 Å². The van der Waals surface area contributed by atoms with Crippen LogP contribution in [-0.2, 0) is 4.79 Å². The molecule has 4 heteroatoms. The van der Waals surface area contributed by atoms with Crippen molar-refractivity contribution in [2.24, 2.45) is 11.3 Å². The first-order valence-electron chi connectivity index (χ1n) is 8.04. The molecular weight excluding hydrogens is 252 g/mol. The first kappa shape index (κ1) is 15.8. The van der Waals surface area contributed by atoms with E-state index in [1.54, 1.807) is 0 Å². The van der Waals surface area contributed by atoms with Gasteiger partial charge in [0.25, 0.3) is 0 Å². The molecule has 1 N–H and O–H groups in total. The van der Waals surface area contributed by atoms with Crippen molar-refractivity contribution in [3.05, 3.63) is 0 Å². The van der Waals surface area contributed by atoms with Gasteiger partial charge in [0.1, 0.15) is 0 Å². The van der Waals surface area contributed by atoms with Gasteiger partial charge in [-0.2, -0.15) is 0 Å². The van der Waals surface area contributed by atoms with Crippen molar-refractivity contribution in [2.75, 3.05) is 26.2 Å². The summed E-state index contributed by atoms with van der Waals surface area (Å²) in [5.74, 6) is -0.374. The minimum absolute atomic E-state index is 0.279. The Morgan fingerprint density at radius 3 is 2.45 bits per heavy atom. The third-order valence-electron chi connectivity index (χ3n) is 5.47. The number of hydrogen-bond acceptors (Lipinski definition) is 3. The van der Waals surface area contributed by atoms with Gasteiger partial charge >= 0.3 is 5.97 Å². The van der Waals surface area contributed by atoms with E-state index in [0.29, 0.717) is 12.1 Å². The van der Waals surface area contributed by atoms with Gasteiger partial charge in [0, 0.05) is 31.7 Å². The molecule has 0 aromatic rings. The lowest BCUT2D eigenvalue weighted by Gasteiger charge is -2.41. The lowest BCUT2D eigenvalue weighted by atomic mass is 9.74. The second kappa shape index (κ2) is 6.02. The van der Waals surface area contributed by atoms with Crippen molar-refractivity contribution in [2.45, 2.75) is 59.0 Å². The van der Waals surface area contributed by atoms with E-state index < -0.39 is 11.4 Å². The number of rotatable bonds is 4. The molecule has 0 spiro atoms. The second-order valence-electron chi connectivity index (χ2n) is 7.39. The van der Waals surface area contributed by atoms with Crippen LogP contribution in [-0.4, -0.2) is 59.1 Å². The van der Waals surface area contributed by atoms with Gasteiger partial charge in [-0.05, 0) is 59.4 Å². The third kappa shape index (κ3) is 3.17. The molecule has 2 atom stereocenters. The molecule has 2 rings (SSSR count). The predicted molar refractivity (Wildman–Crippen MR) is 80.8 cm³/mol. The van der Waals surface area contributed by atoms with Crippen LogP contribution in [0.15, 0.2) is 0 Å². The Bertz CT molecular complexity index is 354. The Labute approximate surface area is 123 Å². The predicted octanol–water partition coefficient (Wildman–Crippen LogP) is 2.29. The highest BCUT2D eigenvalue weighted by atomic mass is 16.4. The van der Waals surface area contributed by atoms with Crippen molar-refractivity contribution in [3.63, 3.8) is 0 Å². The van der Waals surface area contributed by atoms with Crippen molar-refractivity contribution >= 4 is 5.97 Å². The summed E-state index contributed by atoms with van der Waals surface area (Å²) in [4.78, 5) is 16.6. The second-order valence-corrected chi connectivity index (χ2v) is 7.39. The molecule has 116 valence electrons. The third-order valence-corrected chi connectivity index (χ3v) is 5.47. The Balaban J connectivity index is 1.96. The quantitative estimate of drug-likeness (QED) is 0.859. The van der Waals surface area contributed by atoms with Crippen LogP contribution in [0, 0.1) is 11.3 Å². The molecule has 0 aliphatic carbocycles. The van der Waals surface area contributed by atoms with E-state index in [4.69, 9.17) is 0 Å². The molecule has 2 aliphatic heterocycles. The summed E-state index contributed by atoms with van der Waals surface area (Å²) < 4.78 is 0. The van der Waals surface area contributed by atoms with Gasteiger partial charge in [-0.3, -0.25) is 14.6 Å². The number of carbonyl (C=O) groups is 1. The zero-order valence-corrected chi connectivity index (χ0v) is 13.4. The largest absolute Gasteiger partial charge is 0.481 e. The molecule has 2 fully saturated rings. The van der Waals surface area contributed by atoms with Gasteiger partial charge in [0.2, 0.25) is 0 Å². The van der Waals surface area contributed by atoms with E-state index in [0.717, 1.165) is 32.5 Å². The minimum Gasteiger partial charge on any atom is -0.481 e. The fraction of sp³-hybridized carbons (Fsp3) is 0.938. The average Bonchev–Trinajstić information content (AvgIpc) is 2.88. The maximum atomic E-state index is 11.5. The van der Waals surface area contributed by atoms with E-state index in [1.807, 2.05) is 13.8 Å². The number of aliphatic carboxylic acids is 1. The van der Waals surface area contributed by atoms with E-state index in [9.17, 15) is 9.90 Å². The molecule has 20 heavy (non-hydrogen) atoms. The molecule has 2 aliphatic rings. The average molecular weight is 282 g/mol. The van der Waals surface area contributed by atoms with Crippen LogP contribution in [0.2, 0.25) is 0 Å². The summed E-state index contributed by atoms with van der Waals surface area (Å²) in [6.45, 7) is 12.7. The molecule has 4 nitrogen and oxygen atoms in total. The van der Waals surface area contributed by atoms with Crippen molar-refractivity contribution in [3.8, 4) is 0 Å². The first-order valence-corrected chi connectivity index (χ1v) is 8.04. The number of hydrogen-bond donors (Lipinski definition) is 1. The van der Waals surface area contributed by atoms with Crippen molar-refractivity contribution < 1.29 is 9.90 Å². The standard InChI is InChI=1S/C16H30N2O2/c1-12(2)17-9-7-14(11-17)18-8-5-6-13(10-18)16(3,4)15(19)20/h12-14H,5-11H2,1-4H3,(H,19,20). The van der Waals surface area contributed by atoms with Crippen LogP contribution in [0.5, 0.6) is 0 Å². The van der Waals surface area contributed by atoms with Gasteiger partial charge in [-0.1, -0.05) is 0 Å². The zero-order valence-electron chi connectivity index (χ0n) is 13.4. The molecule has 2 saturated heterocycles. The Hall–Kier alpha value is -0.610. The fourth-order valence-electron chi connectivity index (χ4n) is 3.64. The fourth-order valence-corrected chi connectivity index (χ4v) is 3.64. The number of carboxylic acids is 1. The summed E-state index contributed by atoms with van der Waals surface area (Å²) in [6, 6.07) is 1.25. The van der Waals surface area contributed by atoms with Gasteiger partial charge in [-0.25, -0.2) is 0 Å². The van der Waals surface area contributed by atoms with Crippen LogP contribution in [0.1, 0.15) is 47.0 Å². The Morgan fingerprint density at radius 1 is 1.20 bits per heavy atom. The molecule has 2 heterocycles. The molecular formula is C16H30N2O2. The monoisotopic (exact) mass is 282 g/mol. The van der Waals surface area contributed by atoms with Crippen LogP contribution in [0.3, 0.4) is 0 Å². The van der Waals surface area contributed by atoms with Gasteiger partial charge in [0.05, 0.1) is 5.41 Å². The molecule has 2 unspecified atom stereocenters. The number of carboxylic acid groups (broad SMARTS) is 1. The first-order chi connectivity index (χ1) is 9.32. The molecule has 0 aromatic heterocycles. The normalized spacial score (nSPS) is 30.1. The highest BCUT2D eigenvalue weighted by Gasteiger charge is 2.41. The molecule has 0 bridgehead atoms. The lowest BCUT2D eigenvalue weighted by Crippen LogP contribution is -2.49. The topological polar surface area (TPSA) is 43.8 Å². The number of piperidine rings is 1. The zero-order chi connectivity index (χ0) is 14.9. The summed E-state index contributed by atoms with van der Waals surface area (Å²) in [7, 11) is 0. The van der Waals surface area contributed by atoms with Crippen LogP contribution < -0.4 is 0 Å². The van der Waals surface area contributed by atoms with Crippen LogP contribution >= 0.6 is 0 Å². The SMILES string of the molecule is CC(C)N1CCC(N2CCCC(C(C)(C)C(=O)O)C2)C1. The van der Waals surface area contributed by atoms with Gasteiger partial charge in [0.15, 0.2) is 0 Å².